The lowest BCUT2D eigenvalue weighted by Gasteiger charge is -2.08. The van der Waals surface area contributed by atoms with Gasteiger partial charge in [0.2, 0.25) is 0 Å². The molecule has 0 radical (unpaired) electrons. The van der Waals surface area contributed by atoms with Gasteiger partial charge in [-0.15, -0.1) is 0 Å². The van der Waals surface area contributed by atoms with Gasteiger partial charge in [-0.25, -0.2) is 4.98 Å². The van der Waals surface area contributed by atoms with Crippen molar-refractivity contribution in [3.8, 4) is 0 Å². The molecule has 0 fully saturated rings. The summed E-state index contributed by atoms with van der Waals surface area (Å²) in [6.07, 6.45) is 1.76. The highest BCUT2D eigenvalue weighted by Crippen LogP contribution is 2.16. The number of carbonyl (C=O) groups excluding carboxylic acids is 1. The summed E-state index contributed by atoms with van der Waals surface area (Å²) in [6, 6.07) is 14.8. The summed E-state index contributed by atoms with van der Waals surface area (Å²) in [6.45, 7) is 1.20. The molecule has 1 amide bonds. The molecule has 1 aliphatic rings. The van der Waals surface area contributed by atoms with E-state index in [1.165, 1.54) is 0 Å². The van der Waals surface area contributed by atoms with Crippen LogP contribution in [0.4, 0.5) is 0 Å². The second kappa shape index (κ2) is 5.92. The Kier molecular flexibility index (Phi) is 3.61. The van der Waals surface area contributed by atoms with Crippen LogP contribution in [-0.2, 0) is 19.5 Å². The molecule has 0 bridgehead atoms. The van der Waals surface area contributed by atoms with Crippen molar-refractivity contribution in [1.82, 2.24) is 14.9 Å². The lowest BCUT2D eigenvalue weighted by atomic mass is 10.1. The fourth-order valence-corrected chi connectivity index (χ4v) is 3.11. The first-order valence-electron chi connectivity index (χ1n) is 8.08. The maximum Gasteiger partial charge on any atom is 0.261 e. The normalized spacial score (nSPS) is 13.0. The Morgan fingerprint density at radius 2 is 2.00 bits per heavy atom. The Bertz CT molecular complexity index is 977. The van der Waals surface area contributed by atoms with E-state index in [4.69, 9.17) is 0 Å². The zero-order chi connectivity index (χ0) is 16.5. The summed E-state index contributed by atoms with van der Waals surface area (Å²) in [7, 11) is 0. The molecule has 1 aliphatic heterocycles. The molecule has 24 heavy (non-hydrogen) atoms. The molecule has 0 saturated carbocycles. The van der Waals surface area contributed by atoms with Crippen molar-refractivity contribution >= 4 is 16.8 Å². The van der Waals surface area contributed by atoms with Crippen molar-refractivity contribution in [1.29, 1.82) is 0 Å². The predicted molar refractivity (Wildman–Crippen MR) is 91.9 cm³/mol. The average molecular weight is 319 g/mol. The third kappa shape index (κ3) is 2.58. The minimum atomic E-state index is -0.164. The molecule has 1 N–H and O–H groups in total. The zero-order valence-electron chi connectivity index (χ0n) is 13.2. The molecule has 0 spiro atoms. The van der Waals surface area contributed by atoms with Crippen LogP contribution in [0.5, 0.6) is 0 Å². The van der Waals surface area contributed by atoms with Crippen LogP contribution in [-0.4, -0.2) is 15.5 Å². The highest BCUT2D eigenvalue weighted by atomic mass is 16.1. The number of aromatic nitrogens is 2. The minimum absolute atomic E-state index is 0.0104. The summed E-state index contributed by atoms with van der Waals surface area (Å²) in [5, 5.41) is 3.47. The van der Waals surface area contributed by atoms with Crippen LogP contribution in [0.2, 0.25) is 0 Å². The molecule has 0 aliphatic carbocycles. The number of carbonyl (C=O) groups is 1. The minimum Gasteiger partial charge on any atom is -0.348 e. The van der Waals surface area contributed by atoms with Crippen molar-refractivity contribution in [3.05, 3.63) is 75.8 Å². The van der Waals surface area contributed by atoms with E-state index >= 15 is 0 Å². The standard InChI is InChI=1S/C19H17N3O2/c23-18(20-12-13-5-2-1-3-6-13)14-8-9-15-16(11-14)21-17-7-4-10-22(17)19(15)24/h1-3,5-6,8-9,11H,4,7,10,12H2,(H,20,23). The Morgan fingerprint density at radius 3 is 2.83 bits per heavy atom. The van der Waals surface area contributed by atoms with Gasteiger partial charge in [-0.05, 0) is 30.2 Å². The number of nitrogens with one attached hydrogen (secondary N) is 1. The fourth-order valence-electron chi connectivity index (χ4n) is 3.11. The molecule has 120 valence electrons. The second-order valence-electron chi connectivity index (χ2n) is 5.99. The van der Waals surface area contributed by atoms with E-state index in [1.807, 2.05) is 30.3 Å². The van der Waals surface area contributed by atoms with E-state index in [-0.39, 0.29) is 11.5 Å². The predicted octanol–water partition coefficient (Wildman–Crippen LogP) is 2.27. The van der Waals surface area contributed by atoms with E-state index in [9.17, 15) is 9.59 Å². The van der Waals surface area contributed by atoms with Crippen molar-refractivity contribution in [2.45, 2.75) is 25.9 Å². The lowest BCUT2D eigenvalue weighted by Crippen LogP contribution is -2.24. The smallest absolute Gasteiger partial charge is 0.261 e. The topological polar surface area (TPSA) is 64.0 Å². The molecule has 3 aromatic rings. The van der Waals surface area contributed by atoms with E-state index in [2.05, 4.69) is 10.3 Å². The third-order valence-corrected chi connectivity index (χ3v) is 4.37. The number of aryl methyl sites for hydroxylation is 1. The Morgan fingerprint density at radius 1 is 1.17 bits per heavy atom. The Hall–Kier alpha value is -2.95. The number of hydrogen-bond acceptors (Lipinski definition) is 3. The number of hydrogen-bond donors (Lipinski definition) is 1. The first kappa shape index (κ1) is 14.6. The molecular weight excluding hydrogens is 302 g/mol. The summed E-state index contributed by atoms with van der Waals surface area (Å²) < 4.78 is 1.73. The largest absolute Gasteiger partial charge is 0.348 e. The monoisotopic (exact) mass is 319 g/mol. The van der Waals surface area contributed by atoms with Crippen LogP contribution in [0, 0.1) is 0 Å². The molecule has 1 aromatic heterocycles. The van der Waals surface area contributed by atoms with Gasteiger partial charge in [0.15, 0.2) is 0 Å². The highest BCUT2D eigenvalue weighted by Gasteiger charge is 2.17. The van der Waals surface area contributed by atoms with Crippen LogP contribution in [0.1, 0.15) is 28.2 Å². The van der Waals surface area contributed by atoms with Gasteiger partial charge in [-0.1, -0.05) is 30.3 Å². The van der Waals surface area contributed by atoms with Gasteiger partial charge >= 0.3 is 0 Å². The first-order valence-corrected chi connectivity index (χ1v) is 8.08. The summed E-state index contributed by atoms with van der Waals surface area (Å²) in [5.74, 6) is 0.650. The second-order valence-corrected chi connectivity index (χ2v) is 5.99. The van der Waals surface area contributed by atoms with Crippen molar-refractivity contribution < 1.29 is 4.79 Å². The Balaban J connectivity index is 1.62. The third-order valence-electron chi connectivity index (χ3n) is 4.37. The van der Waals surface area contributed by atoms with Crippen LogP contribution in [0.15, 0.2) is 53.3 Å². The van der Waals surface area contributed by atoms with Crippen molar-refractivity contribution in [2.24, 2.45) is 0 Å². The lowest BCUT2D eigenvalue weighted by molar-refractivity contribution is 0.0951. The molecule has 4 rings (SSSR count). The highest BCUT2D eigenvalue weighted by molar-refractivity contribution is 5.97. The van der Waals surface area contributed by atoms with Crippen molar-refractivity contribution in [3.63, 3.8) is 0 Å². The SMILES string of the molecule is O=C(NCc1ccccc1)c1ccc2c(=O)n3c(nc2c1)CCC3. The van der Waals surface area contributed by atoms with Crippen LogP contribution >= 0.6 is 0 Å². The number of nitrogens with zero attached hydrogens (tertiary/aromatic N) is 2. The van der Waals surface area contributed by atoms with E-state index in [0.717, 1.165) is 30.8 Å². The van der Waals surface area contributed by atoms with Crippen molar-refractivity contribution in [2.75, 3.05) is 0 Å². The molecule has 5 heteroatoms. The zero-order valence-corrected chi connectivity index (χ0v) is 13.2. The summed E-state index contributed by atoms with van der Waals surface area (Å²) in [5.41, 5.74) is 2.15. The molecular formula is C19H17N3O2. The number of fused-ring (bicyclic) bond motifs is 2. The van der Waals surface area contributed by atoms with Gasteiger partial charge in [-0.3, -0.25) is 14.2 Å². The molecule has 0 unspecified atom stereocenters. The van der Waals surface area contributed by atoms with Gasteiger partial charge in [0.05, 0.1) is 10.9 Å². The van der Waals surface area contributed by atoms with Gasteiger partial charge in [0.1, 0.15) is 5.82 Å². The van der Waals surface area contributed by atoms with Crippen LogP contribution < -0.4 is 10.9 Å². The van der Waals surface area contributed by atoms with E-state index in [0.29, 0.717) is 23.0 Å². The summed E-state index contributed by atoms with van der Waals surface area (Å²) >= 11 is 0. The fraction of sp³-hybridized carbons (Fsp3) is 0.211. The number of amides is 1. The summed E-state index contributed by atoms with van der Waals surface area (Å²) in [4.78, 5) is 29.4. The van der Waals surface area contributed by atoms with E-state index in [1.54, 1.807) is 22.8 Å². The molecule has 0 atom stereocenters. The quantitative estimate of drug-likeness (QED) is 0.805. The van der Waals surface area contributed by atoms with Crippen LogP contribution in [0.25, 0.3) is 10.9 Å². The Labute approximate surface area is 139 Å². The molecule has 2 aromatic carbocycles. The molecule has 2 heterocycles. The van der Waals surface area contributed by atoms with Gasteiger partial charge in [-0.2, -0.15) is 0 Å². The molecule has 0 saturated heterocycles. The van der Waals surface area contributed by atoms with Crippen LogP contribution in [0.3, 0.4) is 0 Å². The average Bonchev–Trinajstić information content (AvgIpc) is 3.09. The maximum absolute atomic E-state index is 12.4. The van der Waals surface area contributed by atoms with Gasteiger partial charge in [0.25, 0.3) is 11.5 Å². The number of rotatable bonds is 3. The molecule has 5 nitrogen and oxygen atoms in total. The van der Waals surface area contributed by atoms with Gasteiger partial charge in [0, 0.05) is 25.1 Å². The number of benzene rings is 2. The van der Waals surface area contributed by atoms with Gasteiger partial charge < -0.3 is 5.32 Å². The maximum atomic E-state index is 12.4. The first-order chi connectivity index (χ1) is 11.7. The van der Waals surface area contributed by atoms with E-state index < -0.39 is 0 Å².